The molecule has 0 aliphatic rings. The highest BCUT2D eigenvalue weighted by Gasteiger charge is 2.06. The highest BCUT2D eigenvalue weighted by atomic mass is 32.2. The van der Waals surface area contributed by atoms with E-state index in [2.05, 4.69) is 10.5 Å². The molecule has 0 bridgehead atoms. The second-order valence-electron chi connectivity index (χ2n) is 3.86. The van der Waals surface area contributed by atoms with Crippen LogP contribution in [0.5, 0.6) is 0 Å². The van der Waals surface area contributed by atoms with Gasteiger partial charge in [0, 0.05) is 4.88 Å². The lowest BCUT2D eigenvalue weighted by Gasteiger charge is -2.03. The summed E-state index contributed by atoms with van der Waals surface area (Å²) in [7, 11) is -3.65. The summed E-state index contributed by atoms with van der Waals surface area (Å²) in [4.78, 5) is 1.16. The van der Waals surface area contributed by atoms with Crippen molar-refractivity contribution in [3.63, 3.8) is 0 Å². The lowest BCUT2D eigenvalue weighted by atomic mass is 10.3. The molecular formula is C12H13N3O2S2. The number of rotatable bonds is 4. The van der Waals surface area contributed by atoms with Gasteiger partial charge in [-0.25, -0.2) is 13.6 Å². The molecule has 0 aliphatic carbocycles. The van der Waals surface area contributed by atoms with E-state index < -0.39 is 10.0 Å². The highest BCUT2D eigenvalue weighted by molar-refractivity contribution is 7.89. The molecule has 2 aromatic rings. The van der Waals surface area contributed by atoms with E-state index in [1.807, 2.05) is 24.4 Å². The molecule has 0 radical (unpaired) electrons. The molecule has 7 heteroatoms. The standard InChI is InChI=1S/C12H13N3O2S2/c1-9(12-3-2-8-18-12)14-15-10-4-6-11(7-5-10)19(13,16)17/h2-8,15H,1H3,(H2,13,16,17)/b14-9-. The molecule has 3 N–H and O–H groups in total. The molecule has 0 fully saturated rings. The Balaban J connectivity index is 2.11. The summed E-state index contributed by atoms with van der Waals surface area (Å²) in [6, 6.07) is 10.0. The molecule has 0 unspecified atom stereocenters. The molecule has 0 saturated carbocycles. The van der Waals surface area contributed by atoms with Crippen molar-refractivity contribution in [1.82, 2.24) is 0 Å². The van der Waals surface area contributed by atoms with Gasteiger partial charge in [0.1, 0.15) is 0 Å². The molecule has 0 saturated heterocycles. The maximum atomic E-state index is 11.1. The first-order chi connectivity index (χ1) is 8.97. The van der Waals surface area contributed by atoms with E-state index in [9.17, 15) is 8.42 Å². The van der Waals surface area contributed by atoms with Gasteiger partial charge < -0.3 is 0 Å². The van der Waals surface area contributed by atoms with Crippen LogP contribution in [-0.4, -0.2) is 14.1 Å². The number of primary sulfonamides is 1. The third-order valence-corrected chi connectivity index (χ3v) is 4.32. The van der Waals surface area contributed by atoms with Gasteiger partial charge in [-0.15, -0.1) is 11.3 Å². The van der Waals surface area contributed by atoms with E-state index in [0.29, 0.717) is 5.69 Å². The lowest BCUT2D eigenvalue weighted by Crippen LogP contribution is -2.11. The van der Waals surface area contributed by atoms with Crippen molar-refractivity contribution >= 4 is 32.8 Å². The van der Waals surface area contributed by atoms with Gasteiger partial charge in [-0.3, -0.25) is 5.43 Å². The monoisotopic (exact) mass is 295 g/mol. The van der Waals surface area contributed by atoms with E-state index in [4.69, 9.17) is 5.14 Å². The fourth-order valence-corrected chi connectivity index (χ4v) is 2.60. The zero-order valence-electron chi connectivity index (χ0n) is 10.2. The van der Waals surface area contributed by atoms with Gasteiger partial charge in [0.05, 0.1) is 16.3 Å². The quantitative estimate of drug-likeness (QED) is 0.670. The van der Waals surface area contributed by atoms with Gasteiger partial charge in [0.25, 0.3) is 0 Å². The molecular weight excluding hydrogens is 282 g/mol. The minimum Gasteiger partial charge on any atom is -0.278 e. The van der Waals surface area contributed by atoms with E-state index in [-0.39, 0.29) is 4.90 Å². The van der Waals surface area contributed by atoms with E-state index in [1.165, 1.54) is 12.1 Å². The van der Waals surface area contributed by atoms with Gasteiger partial charge in [-0.1, -0.05) is 6.07 Å². The first kappa shape index (κ1) is 13.7. The van der Waals surface area contributed by atoms with Gasteiger partial charge in [-0.05, 0) is 42.6 Å². The number of sulfonamides is 1. The van der Waals surface area contributed by atoms with E-state index in [0.717, 1.165) is 10.6 Å². The Labute approximate surface area is 115 Å². The number of benzene rings is 1. The fourth-order valence-electron chi connectivity index (χ4n) is 1.41. The number of nitrogens with two attached hydrogens (primary N) is 1. The molecule has 0 atom stereocenters. The Morgan fingerprint density at radius 3 is 2.47 bits per heavy atom. The molecule has 1 heterocycles. The van der Waals surface area contributed by atoms with Crippen LogP contribution in [0, 0.1) is 0 Å². The molecule has 1 aromatic heterocycles. The second kappa shape index (κ2) is 5.52. The molecule has 0 amide bonds. The smallest absolute Gasteiger partial charge is 0.238 e. The Bertz CT molecular complexity index is 674. The minimum absolute atomic E-state index is 0.0806. The first-order valence-electron chi connectivity index (χ1n) is 5.44. The van der Waals surface area contributed by atoms with Crippen LogP contribution in [0.2, 0.25) is 0 Å². The van der Waals surface area contributed by atoms with Crippen LogP contribution in [-0.2, 0) is 10.0 Å². The van der Waals surface area contributed by atoms with Crippen LogP contribution in [0.25, 0.3) is 0 Å². The van der Waals surface area contributed by atoms with Gasteiger partial charge in [0.15, 0.2) is 0 Å². The number of hydrogen-bond acceptors (Lipinski definition) is 5. The molecule has 2 rings (SSSR count). The Morgan fingerprint density at radius 2 is 1.95 bits per heavy atom. The molecule has 0 spiro atoms. The van der Waals surface area contributed by atoms with Crippen molar-refractivity contribution in [1.29, 1.82) is 0 Å². The number of nitrogens with zero attached hydrogens (tertiary/aromatic N) is 1. The summed E-state index contributed by atoms with van der Waals surface area (Å²) in [5.74, 6) is 0. The summed E-state index contributed by atoms with van der Waals surface area (Å²) in [5, 5.41) is 11.2. The Hall–Kier alpha value is -1.70. The Morgan fingerprint density at radius 1 is 1.26 bits per heavy atom. The minimum atomic E-state index is -3.65. The number of thiophene rings is 1. The van der Waals surface area contributed by atoms with Gasteiger partial charge >= 0.3 is 0 Å². The van der Waals surface area contributed by atoms with E-state index >= 15 is 0 Å². The Kier molecular flexibility index (Phi) is 3.98. The molecule has 5 nitrogen and oxygen atoms in total. The third-order valence-electron chi connectivity index (χ3n) is 2.41. The van der Waals surface area contributed by atoms with Gasteiger partial charge in [-0.2, -0.15) is 5.10 Å². The summed E-state index contributed by atoms with van der Waals surface area (Å²) in [6.45, 7) is 1.90. The number of anilines is 1. The van der Waals surface area contributed by atoms with Crippen molar-refractivity contribution in [3.8, 4) is 0 Å². The summed E-state index contributed by atoms with van der Waals surface area (Å²) < 4.78 is 22.2. The largest absolute Gasteiger partial charge is 0.278 e. The third kappa shape index (κ3) is 3.63. The van der Waals surface area contributed by atoms with Crippen molar-refractivity contribution in [2.24, 2.45) is 10.2 Å². The van der Waals surface area contributed by atoms with Crippen molar-refractivity contribution in [2.75, 3.05) is 5.43 Å². The topological polar surface area (TPSA) is 84.5 Å². The number of hydrazone groups is 1. The SMILES string of the molecule is C/C(=N/Nc1ccc(S(N)(=O)=O)cc1)c1cccs1. The van der Waals surface area contributed by atoms with Crippen LogP contribution in [0.4, 0.5) is 5.69 Å². The summed E-state index contributed by atoms with van der Waals surface area (Å²) in [6.07, 6.45) is 0. The summed E-state index contributed by atoms with van der Waals surface area (Å²) in [5.41, 5.74) is 4.43. The number of hydrogen-bond donors (Lipinski definition) is 2. The predicted molar refractivity (Wildman–Crippen MR) is 78.0 cm³/mol. The maximum absolute atomic E-state index is 11.1. The van der Waals surface area contributed by atoms with Crippen LogP contribution in [0.1, 0.15) is 11.8 Å². The average molecular weight is 295 g/mol. The van der Waals surface area contributed by atoms with Crippen LogP contribution < -0.4 is 10.6 Å². The van der Waals surface area contributed by atoms with Crippen molar-refractivity contribution < 1.29 is 8.42 Å². The van der Waals surface area contributed by atoms with Gasteiger partial charge in [0.2, 0.25) is 10.0 Å². The molecule has 100 valence electrons. The zero-order chi connectivity index (χ0) is 13.9. The van der Waals surface area contributed by atoms with Crippen molar-refractivity contribution in [2.45, 2.75) is 11.8 Å². The van der Waals surface area contributed by atoms with Crippen LogP contribution >= 0.6 is 11.3 Å². The highest BCUT2D eigenvalue weighted by Crippen LogP contribution is 2.14. The normalized spacial score (nSPS) is 12.4. The first-order valence-corrected chi connectivity index (χ1v) is 7.86. The zero-order valence-corrected chi connectivity index (χ0v) is 11.8. The fraction of sp³-hybridized carbons (Fsp3) is 0.0833. The predicted octanol–water partition coefficient (Wildman–Crippen LogP) is 2.23. The van der Waals surface area contributed by atoms with Crippen LogP contribution in [0.3, 0.4) is 0 Å². The van der Waals surface area contributed by atoms with E-state index in [1.54, 1.807) is 23.5 Å². The number of nitrogens with one attached hydrogen (secondary N) is 1. The van der Waals surface area contributed by atoms with Crippen molar-refractivity contribution in [3.05, 3.63) is 46.7 Å². The molecule has 0 aliphatic heterocycles. The summed E-state index contributed by atoms with van der Waals surface area (Å²) >= 11 is 1.61. The maximum Gasteiger partial charge on any atom is 0.238 e. The lowest BCUT2D eigenvalue weighted by molar-refractivity contribution is 0.598. The molecule has 1 aromatic carbocycles. The second-order valence-corrected chi connectivity index (χ2v) is 6.36. The molecule has 19 heavy (non-hydrogen) atoms. The van der Waals surface area contributed by atoms with Crippen LogP contribution in [0.15, 0.2) is 51.8 Å². The average Bonchev–Trinajstić information content (AvgIpc) is 2.89.